The molecule has 0 radical (unpaired) electrons. The molecule has 0 bridgehead atoms. The number of nitrogens with zero attached hydrogens (tertiary/aromatic N) is 2. The Morgan fingerprint density at radius 3 is 2.12 bits per heavy atom. The number of piperazine rings is 1. The van der Waals surface area contributed by atoms with Crippen molar-refractivity contribution in [3.05, 3.63) is 35.6 Å². The lowest BCUT2D eigenvalue weighted by Gasteiger charge is -2.35. The van der Waals surface area contributed by atoms with Gasteiger partial charge in [0.2, 0.25) is 11.8 Å². The first-order valence-electron chi connectivity index (χ1n) is 8.22. The van der Waals surface area contributed by atoms with Crippen LogP contribution in [0.3, 0.4) is 0 Å². The summed E-state index contributed by atoms with van der Waals surface area (Å²) in [5, 5.41) is 0. The van der Waals surface area contributed by atoms with Crippen molar-refractivity contribution in [1.82, 2.24) is 9.80 Å². The van der Waals surface area contributed by atoms with Gasteiger partial charge in [0.1, 0.15) is 15.7 Å². The molecule has 1 saturated heterocycles. The van der Waals surface area contributed by atoms with E-state index < -0.39 is 9.84 Å². The number of aryl methyl sites for hydroxylation is 1. The second kappa shape index (κ2) is 8.42. The standard InChI is InChI=1S/C17H23FN2O4S/c1-25(23,24)12-7-17(22)20-10-8-19(9-11-20)16(21)6-5-14-3-2-4-15(18)13-14/h2-4,13H,5-12H2,1H3. The van der Waals surface area contributed by atoms with E-state index in [4.69, 9.17) is 0 Å². The topological polar surface area (TPSA) is 74.8 Å². The Morgan fingerprint density at radius 1 is 1.04 bits per heavy atom. The SMILES string of the molecule is CS(=O)(=O)CCC(=O)N1CCN(C(=O)CCc2cccc(F)c2)CC1. The fraction of sp³-hybridized carbons (Fsp3) is 0.529. The molecule has 25 heavy (non-hydrogen) atoms. The van der Waals surface area contributed by atoms with Gasteiger partial charge in [0, 0.05) is 45.3 Å². The van der Waals surface area contributed by atoms with E-state index in [1.165, 1.54) is 12.1 Å². The van der Waals surface area contributed by atoms with E-state index in [0.717, 1.165) is 11.8 Å². The van der Waals surface area contributed by atoms with Gasteiger partial charge in [0.15, 0.2) is 0 Å². The van der Waals surface area contributed by atoms with E-state index in [9.17, 15) is 22.4 Å². The largest absolute Gasteiger partial charge is 0.339 e. The Hall–Kier alpha value is -1.96. The van der Waals surface area contributed by atoms with Gasteiger partial charge in [-0.2, -0.15) is 0 Å². The van der Waals surface area contributed by atoms with Crippen molar-refractivity contribution in [2.24, 2.45) is 0 Å². The lowest BCUT2D eigenvalue weighted by atomic mass is 10.1. The Morgan fingerprint density at radius 2 is 1.60 bits per heavy atom. The molecule has 1 aliphatic heterocycles. The molecule has 0 saturated carbocycles. The van der Waals surface area contributed by atoms with Crippen LogP contribution in [-0.4, -0.2) is 68.2 Å². The zero-order valence-corrected chi connectivity index (χ0v) is 15.1. The second-order valence-corrected chi connectivity index (χ2v) is 8.53. The molecule has 2 amide bonds. The van der Waals surface area contributed by atoms with E-state index in [-0.39, 0.29) is 29.8 Å². The van der Waals surface area contributed by atoms with Crippen molar-refractivity contribution in [3.8, 4) is 0 Å². The van der Waals surface area contributed by atoms with Gasteiger partial charge in [-0.1, -0.05) is 12.1 Å². The van der Waals surface area contributed by atoms with Gasteiger partial charge in [-0.25, -0.2) is 12.8 Å². The summed E-state index contributed by atoms with van der Waals surface area (Å²) in [6.07, 6.45) is 1.86. The lowest BCUT2D eigenvalue weighted by molar-refractivity contribution is -0.139. The molecular weight excluding hydrogens is 347 g/mol. The quantitative estimate of drug-likeness (QED) is 0.745. The maximum atomic E-state index is 13.1. The smallest absolute Gasteiger partial charge is 0.223 e. The number of carbonyl (C=O) groups is 2. The number of sulfone groups is 1. The first-order valence-corrected chi connectivity index (χ1v) is 10.3. The summed E-state index contributed by atoms with van der Waals surface area (Å²) in [4.78, 5) is 27.5. The molecule has 1 aliphatic rings. The molecule has 0 unspecified atom stereocenters. The van der Waals surface area contributed by atoms with Crippen LogP contribution in [-0.2, 0) is 25.8 Å². The van der Waals surface area contributed by atoms with Gasteiger partial charge in [0.05, 0.1) is 5.75 Å². The van der Waals surface area contributed by atoms with Gasteiger partial charge >= 0.3 is 0 Å². The number of amides is 2. The molecule has 1 heterocycles. The summed E-state index contributed by atoms with van der Waals surface area (Å²) in [6, 6.07) is 6.20. The monoisotopic (exact) mass is 370 g/mol. The van der Waals surface area contributed by atoms with Crippen LogP contribution >= 0.6 is 0 Å². The van der Waals surface area contributed by atoms with Crippen LogP contribution in [0.1, 0.15) is 18.4 Å². The summed E-state index contributed by atoms with van der Waals surface area (Å²) in [7, 11) is -3.16. The number of carbonyl (C=O) groups excluding carboxylic acids is 2. The zero-order chi connectivity index (χ0) is 18.4. The minimum Gasteiger partial charge on any atom is -0.339 e. The lowest BCUT2D eigenvalue weighted by Crippen LogP contribution is -2.50. The molecule has 2 rings (SSSR count). The Bertz CT molecular complexity index is 728. The minimum atomic E-state index is -3.16. The summed E-state index contributed by atoms with van der Waals surface area (Å²) >= 11 is 0. The predicted octanol–water partition coefficient (Wildman–Crippen LogP) is 0.864. The summed E-state index contributed by atoms with van der Waals surface area (Å²) in [6.45, 7) is 1.70. The van der Waals surface area contributed by atoms with Crippen molar-refractivity contribution in [2.45, 2.75) is 19.3 Å². The molecule has 1 aromatic rings. The van der Waals surface area contributed by atoms with E-state index >= 15 is 0 Å². The highest BCUT2D eigenvalue weighted by Gasteiger charge is 2.24. The molecular formula is C17H23FN2O4S. The van der Waals surface area contributed by atoms with Crippen LogP contribution in [0.15, 0.2) is 24.3 Å². The van der Waals surface area contributed by atoms with E-state index in [1.54, 1.807) is 21.9 Å². The normalized spacial score (nSPS) is 15.3. The van der Waals surface area contributed by atoms with E-state index in [2.05, 4.69) is 0 Å². The average molecular weight is 370 g/mol. The third-order valence-electron chi connectivity index (χ3n) is 4.19. The highest BCUT2D eigenvalue weighted by atomic mass is 32.2. The molecule has 0 atom stereocenters. The second-order valence-electron chi connectivity index (χ2n) is 6.27. The van der Waals surface area contributed by atoms with Gasteiger partial charge < -0.3 is 9.80 Å². The number of rotatable bonds is 6. The fourth-order valence-electron chi connectivity index (χ4n) is 2.74. The molecule has 1 fully saturated rings. The van der Waals surface area contributed by atoms with Crippen molar-refractivity contribution in [2.75, 3.05) is 38.2 Å². The fourth-order valence-corrected chi connectivity index (χ4v) is 3.28. The minimum absolute atomic E-state index is 0.0208. The van der Waals surface area contributed by atoms with Crippen molar-refractivity contribution in [3.63, 3.8) is 0 Å². The summed E-state index contributed by atoms with van der Waals surface area (Å²) < 4.78 is 35.4. The Labute approximate surface area is 147 Å². The van der Waals surface area contributed by atoms with E-state index in [1.807, 2.05) is 0 Å². The maximum Gasteiger partial charge on any atom is 0.223 e. The Balaban J connectivity index is 1.75. The number of halogens is 1. The molecule has 8 heteroatoms. The third-order valence-corrected chi connectivity index (χ3v) is 5.13. The first kappa shape index (κ1) is 19.4. The average Bonchev–Trinajstić information content (AvgIpc) is 2.57. The summed E-state index contributed by atoms with van der Waals surface area (Å²) in [5.74, 6) is -0.686. The molecule has 0 aromatic heterocycles. The van der Waals surface area contributed by atoms with E-state index in [0.29, 0.717) is 39.0 Å². The van der Waals surface area contributed by atoms with Crippen LogP contribution in [0.2, 0.25) is 0 Å². The molecule has 6 nitrogen and oxygen atoms in total. The molecule has 0 N–H and O–H groups in total. The number of benzene rings is 1. The van der Waals surface area contributed by atoms with Gasteiger partial charge in [-0.3, -0.25) is 9.59 Å². The Kier molecular flexibility index (Phi) is 6.52. The number of hydrogen-bond acceptors (Lipinski definition) is 4. The van der Waals surface area contributed by atoms with Crippen LogP contribution < -0.4 is 0 Å². The highest BCUT2D eigenvalue weighted by Crippen LogP contribution is 2.10. The maximum absolute atomic E-state index is 13.1. The van der Waals surface area contributed by atoms with Crippen LogP contribution in [0.4, 0.5) is 4.39 Å². The molecule has 138 valence electrons. The highest BCUT2D eigenvalue weighted by molar-refractivity contribution is 7.90. The molecule has 0 aliphatic carbocycles. The first-order chi connectivity index (χ1) is 11.7. The molecule has 0 spiro atoms. The van der Waals surface area contributed by atoms with Gasteiger partial charge in [0.25, 0.3) is 0 Å². The molecule has 1 aromatic carbocycles. The van der Waals surface area contributed by atoms with Crippen LogP contribution in [0.25, 0.3) is 0 Å². The van der Waals surface area contributed by atoms with Crippen LogP contribution in [0.5, 0.6) is 0 Å². The number of hydrogen-bond donors (Lipinski definition) is 0. The van der Waals surface area contributed by atoms with Crippen LogP contribution in [0, 0.1) is 5.82 Å². The van der Waals surface area contributed by atoms with Crippen molar-refractivity contribution >= 4 is 21.7 Å². The predicted molar refractivity (Wildman–Crippen MR) is 92.2 cm³/mol. The van der Waals surface area contributed by atoms with Crippen molar-refractivity contribution < 1.29 is 22.4 Å². The summed E-state index contributed by atoms with van der Waals surface area (Å²) in [5.41, 5.74) is 0.780. The van der Waals surface area contributed by atoms with Gasteiger partial charge in [-0.05, 0) is 24.1 Å². The third kappa shape index (κ3) is 6.45. The van der Waals surface area contributed by atoms with Crippen molar-refractivity contribution in [1.29, 1.82) is 0 Å². The van der Waals surface area contributed by atoms with Gasteiger partial charge in [-0.15, -0.1) is 0 Å². The zero-order valence-electron chi connectivity index (χ0n) is 14.3.